The molecule has 1 nitrogen and oxygen atoms in total. The predicted octanol–water partition coefficient (Wildman–Crippen LogP) is 4.12. The lowest BCUT2D eigenvalue weighted by atomic mass is 9.99. The molecule has 0 aliphatic heterocycles. The topological polar surface area (TPSA) is 20.2 Å². The van der Waals surface area contributed by atoms with Crippen LogP contribution in [0.4, 0.5) is 0 Å². The molecule has 0 aliphatic rings. The lowest BCUT2D eigenvalue weighted by molar-refractivity contribution is 0.220. The molecule has 0 radical (unpaired) electrons. The number of aryl methyl sites for hydroxylation is 2. The maximum Gasteiger partial charge on any atom is 0.106 e. The zero-order valence-electron chi connectivity index (χ0n) is 10.00. The summed E-state index contributed by atoms with van der Waals surface area (Å²) in [7, 11) is 0. The van der Waals surface area contributed by atoms with Gasteiger partial charge in [-0.1, -0.05) is 0 Å². The van der Waals surface area contributed by atoms with Gasteiger partial charge < -0.3 is 5.11 Å². The smallest absolute Gasteiger partial charge is 0.106 e. The Hall–Kier alpha value is -0.640. The van der Waals surface area contributed by atoms with E-state index in [0.29, 0.717) is 0 Å². The third-order valence-electron chi connectivity index (χ3n) is 3.24. The van der Waals surface area contributed by atoms with Crippen LogP contribution in [0.2, 0.25) is 0 Å². The quantitative estimate of drug-likeness (QED) is 0.852. The molecule has 2 heterocycles. The summed E-state index contributed by atoms with van der Waals surface area (Å²) < 4.78 is 0. The van der Waals surface area contributed by atoms with Gasteiger partial charge in [-0.25, -0.2) is 0 Å². The van der Waals surface area contributed by atoms with E-state index in [1.54, 1.807) is 22.7 Å². The van der Waals surface area contributed by atoms with Crippen LogP contribution in [0.25, 0.3) is 0 Å². The van der Waals surface area contributed by atoms with E-state index < -0.39 is 6.10 Å². The summed E-state index contributed by atoms with van der Waals surface area (Å²) in [5.41, 5.74) is 4.56. The average molecular weight is 252 g/mol. The number of aliphatic hydroxyl groups is 1. The Balaban J connectivity index is 2.43. The van der Waals surface area contributed by atoms with Crippen LogP contribution in [-0.2, 0) is 0 Å². The van der Waals surface area contributed by atoms with E-state index >= 15 is 0 Å². The summed E-state index contributed by atoms with van der Waals surface area (Å²) in [6.07, 6.45) is -0.463. The van der Waals surface area contributed by atoms with Gasteiger partial charge in [0.05, 0.1) is 0 Å². The van der Waals surface area contributed by atoms with Crippen LogP contribution in [0.1, 0.15) is 38.1 Å². The van der Waals surface area contributed by atoms with Gasteiger partial charge in [-0.15, -0.1) is 22.7 Å². The summed E-state index contributed by atoms with van der Waals surface area (Å²) in [5, 5.41) is 14.5. The molecule has 2 aromatic rings. The largest absolute Gasteiger partial charge is 0.384 e. The van der Waals surface area contributed by atoms with Crippen LogP contribution in [0.5, 0.6) is 0 Å². The van der Waals surface area contributed by atoms with Crippen molar-refractivity contribution in [2.75, 3.05) is 0 Å². The minimum Gasteiger partial charge on any atom is -0.384 e. The molecule has 0 aromatic carbocycles. The van der Waals surface area contributed by atoms with Gasteiger partial charge in [0.15, 0.2) is 0 Å². The first-order valence-electron chi connectivity index (χ1n) is 5.29. The molecule has 0 saturated carbocycles. The van der Waals surface area contributed by atoms with Gasteiger partial charge >= 0.3 is 0 Å². The summed E-state index contributed by atoms with van der Waals surface area (Å²) in [6, 6.07) is 0. The molecule has 0 aliphatic carbocycles. The van der Waals surface area contributed by atoms with Crippen LogP contribution in [-0.4, -0.2) is 5.11 Å². The molecular formula is C13H16OS2. The second-order valence-corrected chi connectivity index (χ2v) is 6.31. The van der Waals surface area contributed by atoms with Crippen LogP contribution in [0.15, 0.2) is 10.8 Å². The lowest BCUT2D eigenvalue weighted by Gasteiger charge is -2.11. The molecule has 0 bridgehead atoms. The zero-order valence-corrected chi connectivity index (χ0v) is 11.6. The highest BCUT2D eigenvalue weighted by Crippen LogP contribution is 2.34. The molecule has 86 valence electrons. The van der Waals surface area contributed by atoms with Crippen molar-refractivity contribution in [2.24, 2.45) is 0 Å². The van der Waals surface area contributed by atoms with Crippen molar-refractivity contribution < 1.29 is 5.11 Å². The van der Waals surface area contributed by atoms with Crippen LogP contribution < -0.4 is 0 Å². The van der Waals surface area contributed by atoms with Crippen molar-refractivity contribution in [2.45, 2.75) is 33.8 Å². The Morgan fingerprint density at radius 3 is 1.50 bits per heavy atom. The Labute approximate surface area is 104 Å². The number of hydrogen-bond acceptors (Lipinski definition) is 3. The fourth-order valence-corrected chi connectivity index (χ4v) is 3.58. The highest BCUT2D eigenvalue weighted by Gasteiger charge is 2.18. The molecule has 0 saturated heterocycles. The zero-order chi connectivity index (χ0) is 11.9. The summed E-state index contributed by atoms with van der Waals surface area (Å²) in [5.74, 6) is 0. The molecule has 0 atom stereocenters. The van der Waals surface area contributed by atoms with Gasteiger partial charge in [-0.05, 0) is 60.7 Å². The van der Waals surface area contributed by atoms with Gasteiger partial charge in [-0.3, -0.25) is 0 Å². The highest BCUT2D eigenvalue weighted by atomic mass is 32.1. The van der Waals surface area contributed by atoms with E-state index in [0.717, 1.165) is 11.1 Å². The van der Waals surface area contributed by atoms with E-state index in [4.69, 9.17) is 0 Å². The Bertz CT molecular complexity index is 462. The fourth-order valence-electron chi connectivity index (χ4n) is 1.77. The highest BCUT2D eigenvalue weighted by molar-refractivity contribution is 7.10. The Morgan fingerprint density at radius 1 is 0.875 bits per heavy atom. The predicted molar refractivity (Wildman–Crippen MR) is 71.6 cm³/mol. The first-order chi connectivity index (χ1) is 7.52. The number of hydrogen-bond donors (Lipinski definition) is 1. The maximum absolute atomic E-state index is 10.4. The van der Waals surface area contributed by atoms with Crippen LogP contribution in [0.3, 0.4) is 0 Å². The van der Waals surface area contributed by atoms with Crippen molar-refractivity contribution in [3.05, 3.63) is 42.8 Å². The minimum absolute atomic E-state index is 0.463. The van der Waals surface area contributed by atoms with Crippen molar-refractivity contribution in [3.63, 3.8) is 0 Å². The Kier molecular flexibility index (Phi) is 3.19. The van der Waals surface area contributed by atoms with Gasteiger partial charge in [0, 0.05) is 9.75 Å². The fraction of sp³-hybridized carbons (Fsp3) is 0.385. The molecule has 3 heteroatoms. The molecule has 2 rings (SSSR count). The van der Waals surface area contributed by atoms with Crippen LogP contribution >= 0.6 is 22.7 Å². The van der Waals surface area contributed by atoms with Crippen LogP contribution in [0, 0.1) is 27.7 Å². The molecule has 0 unspecified atom stereocenters. The van der Waals surface area contributed by atoms with E-state index in [1.165, 1.54) is 20.9 Å². The second-order valence-electron chi connectivity index (χ2n) is 4.15. The number of aliphatic hydroxyl groups excluding tert-OH is 1. The van der Waals surface area contributed by atoms with Crippen molar-refractivity contribution in [1.29, 1.82) is 0 Å². The standard InChI is InChI=1S/C13H16OS2/c1-7-9(3)15-5-11(7)13(14)12-6-16-10(4)8(12)2/h5-6,13-14H,1-4H3. The Morgan fingerprint density at radius 2 is 1.25 bits per heavy atom. The molecular weight excluding hydrogens is 236 g/mol. The number of thiophene rings is 2. The summed E-state index contributed by atoms with van der Waals surface area (Å²) in [6.45, 7) is 8.36. The first kappa shape index (κ1) is 11.8. The van der Waals surface area contributed by atoms with Crippen molar-refractivity contribution in [1.82, 2.24) is 0 Å². The molecule has 1 N–H and O–H groups in total. The third-order valence-corrected chi connectivity index (χ3v) is 5.30. The van der Waals surface area contributed by atoms with Crippen molar-refractivity contribution in [3.8, 4) is 0 Å². The number of rotatable bonds is 2. The van der Waals surface area contributed by atoms with Gasteiger partial charge in [0.25, 0.3) is 0 Å². The minimum atomic E-state index is -0.463. The van der Waals surface area contributed by atoms with E-state index in [9.17, 15) is 5.11 Å². The van der Waals surface area contributed by atoms with Crippen molar-refractivity contribution >= 4 is 22.7 Å². The van der Waals surface area contributed by atoms with Gasteiger partial charge in [0.2, 0.25) is 0 Å². The van der Waals surface area contributed by atoms with E-state index in [1.807, 2.05) is 0 Å². The van der Waals surface area contributed by atoms with Gasteiger partial charge in [-0.2, -0.15) is 0 Å². The monoisotopic (exact) mass is 252 g/mol. The molecule has 0 amide bonds. The van der Waals surface area contributed by atoms with E-state index in [2.05, 4.69) is 38.5 Å². The second kappa shape index (κ2) is 4.32. The molecule has 0 spiro atoms. The van der Waals surface area contributed by atoms with E-state index in [-0.39, 0.29) is 0 Å². The molecule has 16 heavy (non-hydrogen) atoms. The first-order valence-corrected chi connectivity index (χ1v) is 7.05. The summed E-state index contributed by atoms with van der Waals surface area (Å²) in [4.78, 5) is 2.58. The molecule has 0 fully saturated rings. The average Bonchev–Trinajstić information content (AvgIpc) is 2.74. The third kappa shape index (κ3) is 1.83. The lowest BCUT2D eigenvalue weighted by Crippen LogP contribution is -2.00. The normalized spacial score (nSPS) is 11.4. The summed E-state index contributed by atoms with van der Waals surface area (Å²) >= 11 is 3.42. The molecule has 2 aromatic heterocycles. The van der Waals surface area contributed by atoms with Gasteiger partial charge in [0.1, 0.15) is 6.10 Å². The maximum atomic E-state index is 10.4. The SMILES string of the molecule is Cc1scc(C(O)c2csc(C)c2C)c1C.